The predicted octanol–water partition coefficient (Wildman–Crippen LogP) is 4.41. The van der Waals surface area contributed by atoms with Crippen LogP contribution in [0.1, 0.15) is 61.8 Å². The fraction of sp³-hybridized carbons (Fsp3) is 0.417. The van der Waals surface area contributed by atoms with Crippen LogP contribution in [0.15, 0.2) is 30.5 Å². The molecule has 1 fully saturated rings. The van der Waals surface area contributed by atoms with Gasteiger partial charge in [-0.2, -0.15) is 0 Å². The van der Waals surface area contributed by atoms with E-state index in [0.29, 0.717) is 54.2 Å². The summed E-state index contributed by atoms with van der Waals surface area (Å²) in [5, 5.41) is 14.9. The number of anilines is 1. The molecule has 3 aromatic rings. The highest BCUT2D eigenvalue weighted by atomic mass is 19.3. The van der Waals surface area contributed by atoms with Gasteiger partial charge in [-0.1, -0.05) is 18.2 Å². The highest BCUT2D eigenvalue weighted by Crippen LogP contribution is 2.35. The predicted molar refractivity (Wildman–Crippen MR) is 121 cm³/mol. The molecule has 0 saturated carbocycles. The minimum atomic E-state index is -2.92. The van der Waals surface area contributed by atoms with Crippen LogP contribution in [0, 0.1) is 12.7 Å². The van der Waals surface area contributed by atoms with Gasteiger partial charge in [-0.25, -0.2) is 23.1 Å². The molecular weight excluding hydrogens is 447 g/mol. The summed E-state index contributed by atoms with van der Waals surface area (Å²) in [5.41, 5.74) is -0.826. The molecule has 3 heterocycles. The number of pyridine rings is 1. The second kappa shape index (κ2) is 9.17. The number of nitrogens with zero attached hydrogens (tertiary/aromatic N) is 4. The number of alkyl halides is 2. The second-order valence-electron chi connectivity index (χ2n) is 8.66. The summed E-state index contributed by atoms with van der Waals surface area (Å²) in [6.07, 6.45) is -0.702. The van der Waals surface area contributed by atoms with Crippen LogP contribution in [-0.4, -0.2) is 44.0 Å². The average Bonchev–Trinajstić information content (AvgIpc) is 2.78. The molecule has 2 aromatic heterocycles. The highest BCUT2D eigenvalue weighted by molar-refractivity contribution is 5.89. The number of carbonyl (C=O) groups excluding carboxylic acids is 1. The molecule has 0 unspecified atom stereocenters. The lowest BCUT2D eigenvalue weighted by Gasteiger charge is -2.37. The Bertz CT molecular complexity index is 1230. The van der Waals surface area contributed by atoms with Gasteiger partial charge in [0.05, 0.1) is 29.0 Å². The summed E-state index contributed by atoms with van der Waals surface area (Å²) in [4.78, 5) is 26.6. The number of aryl methyl sites for hydroxylation is 1. The first-order chi connectivity index (χ1) is 16.1. The molecule has 1 aliphatic rings. The normalized spacial score (nSPS) is 16.6. The van der Waals surface area contributed by atoms with E-state index in [1.165, 1.54) is 19.1 Å². The number of halogens is 3. The Labute approximate surface area is 195 Å². The van der Waals surface area contributed by atoms with E-state index >= 15 is 0 Å². The topological polar surface area (TPSA) is 91.2 Å². The third-order valence-electron chi connectivity index (χ3n) is 6.32. The largest absolute Gasteiger partial charge is 0.383 e. The van der Waals surface area contributed by atoms with E-state index in [0.717, 1.165) is 6.07 Å². The number of fused-ring (bicyclic) bond motifs is 1. The molecule has 4 rings (SSSR count). The van der Waals surface area contributed by atoms with Gasteiger partial charge in [-0.05, 0) is 32.8 Å². The van der Waals surface area contributed by atoms with E-state index in [-0.39, 0.29) is 11.5 Å². The summed E-state index contributed by atoms with van der Waals surface area (Å²) < 4.78 is 41.0. The van der Waals surface area contributed by atoms with Gasteiger partial charge < -0.3 is 15.3 Å². The number of carbonyl (C=O) groups is 1. The monoisotopic (exact) mass is 473 g/mol. The number of piperidine rings is 1. The maximum absolute atomic E-state index is 14.7. The van der Waals surface area contributed by atoms with Crippen molar-refractivity contribution in [2.24, 2.45) is 0 Å². The molecule has 10 heteroatoms. The molecule has 7 nitrogen and oxygen atoms in total. The minimum Gasteiger partial charge on any atom is -0.383 e. The number of aromatic nitrogens is 3. The zero-order valence-corrected chi connectivity index (χ0v) is 19.1. The smallest absolute Gasteiger partial charge is 0.266 e. The van der Waals surface area contributed by atoms with Crippen LogP contribution < -0.4 is 5.32 Å². The summed E-state index contributed by atoms with van der Waals surface area (Å²) in [6, 6.07) is 4.94. The van der Waals surface area contributed by atoms with E-state index in [4.69, 9.17) is 0 Å². The molecule has 1 atom stereocenters. The van der Waals surface area contributed by atoms with E-state index in [1.807, 2.05) is 0 Å². The van der Waals surface area contributed by atoms with Crippen LogP contribution in [0.5, 0.6) is 0 Å². The van der Waals surface area contributed by atoms with Gasteiger partial charge in [0.25, 0.3) is 6.43 Å². The fourth-order valence-corrected chi connectivity index (χ4v) is 4.31. The van der Waals surface area contributed by atoms with Crippen molar-refractivity contribution in [1.29, 1.82) is 0 Å². The molecule has 0 aliphatic carbocycles. The van der Waals surface area contributed by atoms with Crippen molar-refractivity contribution in [3.8, 4) is 0 Å². The first kappa shape index (κ1) is 23.9. The molecule has 1 aliphatic heterocycles. The molecule has 0 radical (unpaired) electrons. The summed E-state index contributed by atoms with van der Waals surface area (Å²) >= 11 is 0. The van der Waals surface area contributed by atoms with Gasteiger partial charge in [0.2, 0.25) is 5.91 Å². The number of nitrogens with one attached hydrogen (secondary N) is 1. The molecule has 1 aromatic carbocycles. The van der Waals surface area contributed by atoms with Crippen LogP contribution in [0.4, 0.5) is 19.0 Å². The van der Waals surface area contributed by atoms with Gasteiger partial charge >= 0.3 is 0 Å². The van der Waals surface area contributed by atoms with Crippen molar-refractivity contribution < 1.29 is 23.1 Å². The number of hydrogen-bond donors (Lipinski definition) is 2. The Balaban J connectivity index is 1.68. The Morgan fingerprint density at radius 3 is 2.53 bits per heavy atom. The van der Waals surface area contributed by atoms with Crippen molar-refractivity contribution in [1.82, 2.24) is 19.9 Å². The summed E-state index contributed by atoms with van der Waals surface area (Å²) in [5.74, 6) is -0.167. The van der Waals surface area contributed by atoms with Gasteiger partial charge in [-0.15, -0.1) is 0 Å². The Morgan fingerprint density at radius 1 is 1.21 bits per heavy atom. The summed E-state index contributed by atoms with van der Waals surface area (Å²) in [7, 11) is 0. The van der Waals surface area contributed by atoms with Gasteiger partial charge in [-0.3, -0.25) is 9.78 Å². The lowest BCUT2D eigenvalue weighted by atomic mass is 9.87. The molecule has 2 N–H and O–H groups in total. The molecule has 1 amide bonds. The van der Waals surface area contributed by atoms with Crippen LogP contribution in [-0.2, 0) is 10.4 Å². The Hall–Kier alpha value is -3.27. The lowest BCUT2D eigenvalue weighted by Crippen LogP contribution is -2.44. The van der Waals surface area contributed by atoms with E-state index in [1.54, 1.807) is 31.0 Å². The standard InChI is InChI=1S/C24H26F3N5O2/c1-13(16-5-4-6-17(21(16)25)22(26)27)29-23-18-11-20(28-12-19(18)30-14(2)31-23)24(34)7-9-32(10-8-24)15(3)33/h4-6,11-13,22,34H,7-10H2,1-3H3,(H,29,30,31)/t13-/m1/s1. The van der Waals surface area contributed by atoms with E-state index in [2.05, 4.69) is 20.3 Å². The Kier molecular flexibility index (Phi) is 6.44. The number of likely N-dealkylation sites (tertiary alicyclic amines) is 1. The zero-order chi connectivity index (χ0) is 24.6. The molecule has 0 bridgehead atoms. The quantitative estimate of drug-likeness (QED) is 0.570. The number of aliphatic hydroxyl groups is 1. The van der Waals surface area contributed by atoms with Gasteiger partial charge in [0.15, 0.2) is 0 Å². The SMILES string of the molecule is CC(=O)N1CCC(O)(c2cc3c(N[C@H](C)c4cccc(C(F)F)c4F)nc(C)nc3cn2)CC1. The first-order valence-electron chi connectivity index (χ1n) is 11.0. The number of hydrogen-bond acceptors (Lipinski definition) is 6. The summed E-state index contributed by atoms with van der Waals surface area (Å²) in [6.45, 7) is 5.68. The van der Waals surface area contributed by atoms with Gasteiger partial charge in [0, 0.05) is 31.0 Å². The third kappa shape index (κ3) is 4.54. The second-order valence-corrected chi connectivity index (χ2v) is 8.66. The Morgan fingerprint density at radius 2 is 1.88 bits per heavy atom. The molecule has 1 saturated heterocycles. The minimum absolute atomic E-state index is 0.0407. The molecule has 180 valence electrons. The molecule has 0 spiro atoms. The number of amides is 1. The van der Waals surface area contributed by atoms with Crippen LogP contribution in [0.25, 0.3) is 10.9 Å². The van der Waals surface area contributed by atoms with Crippen LogP contribution in [0.3, 0.4) is 0 Å². The van der Waals surface area contributed by atoms with Crippen molar-refractivity contribution in [3.63, 3.8) is 0 Å². The maximum atomic E-state index is 14.7. The third-order valence-corrected chi connectivity index (χ3v) is 6.32. The molecule has 34 heavy (non-hydrogen) atoms. The van der Waals surface area contributed by atoms with E-state index < -0.39 is 29.4 Å². The van der Waals surface area contributed by atoms with E-state index in [9.17, 15) is 23.1 Å². The lowest BCUT2D eigenvalue weighted by molar-refractivity contribution is -0.133. The van der Waals surface area contributed by atoms with Crippen LogP contribution >= 0.6 is 0 Å². The van der Waals surface area contributed by atoms with Crippen molar-refractivity contribution in [3.05, 3.63) is 58.9 Å². The van der Waals surface area contributed by atoms with Crippen LogP contribution in [0.2, 0.25) is 0 Å². The maximum Gasteiger partial charge on any atom is 0.266 e. The van der Waals surface area contributed by atoms with Crippen molar-refractivity contribution >= 4 is 22.6 Å². The van der Waals surface area contributed by atoms with Gasteiger partial charge in [0.1, 0.15) is 23.1 Å². The van der Waals surface area contributed by atoms with Crippen molar-refractivity contribution in [2.75, 3.05) is 18.4 Å². The highest BCUT2D eigenvalue weighted by Gasteiger charge is 2.36. The zero-order valence-electron chi connectivity index (χ0n) is 19.1. The van der Waals surface area contributed by atoms with Crippen molar-refractivity contribution in [2.45, 2.75) is 51.7 Å². The number of benzene rings is 1. The fourth-order valence-electron chi connectivity index (χ4n) is 4.31. The number of rotatable bonds is 5. The molecular formula is C24H26F3N5O2. The first-order valence-corrected chi connectivity index (χ1v) is 11.0. The average molecular weight is 473 g/mol.